The Morgan fingerprint density at radius 2 is 2.15 bits per heavy atom. The number of methoxy groups -OCH3 is 1. The second-order valence-corrected chi connectivity index (χ2v) is 4.09. The Morgan fingerprint density at radius 1 is 1.54 bits per heavy atom. The normalized spacial score (nSPS) is 21.5. The molecule has 1 atom stereocenters. The molecule has 5 heteroatoms. The van der Waals surface area contributed by atoms with Gasteiger partial charge in [-0.15, -0.1) is 0 Å². The van der Waals surface area contributed by atoms with Gasteiger partial charge in [-0.05, 0) is 0 Å². The van der Waals surface area contributed by atoms with Gasteiger partial charge in [0.2, 0.25) is 5.90 Å². The van der Waals surface area contributed by atoms with Gasteiger partial charge < -0.3 is 38.0 Å². The number of nitrogens with zero attached hydrogens (tertiary/aromatic N) is 2. The van der Waals surface area contributed by atoms with Crippen molar-refractivity contribution in [2.24, 2.45) is 5.16 Å². The molecule has 0 fully saturated rings. The van der Waals surface area contributed by atoms with Gasteiger partial charge in [0, 0.05) is 0 Å². The highest BCUT2D eigenvalue weighted by molar-refractivity contribution is 5.76. The third-order valence-corrected chi connectivity index (χ3v) is 1.69. The number of rotatable bonds is 2. The minimum atomic E-state index is 0. The number of hydrogen-bond acceptors (Lipinski definition) is 3. The summed E-state index contributed by atoms with van der Waals surface area (Å²) in [5.74, 6) is 0.702. The lowest BCUT2D eigenvalue weighted by atomic mass is 10.2. The second-order valence-electron chi connectivity index (χ2n) is 4.09. The molecule has 1 rings (SSSR count). The van der Waals surface area contributed by atoms with Crippen molar-refractivity contribution in [3.8, 4) is 0 Å². The van der Waals surface area contributed by atoms with Gasteiger partial charge in [0.05, 0.1) is 34.7 Å². The number of ether oxygens (including phenoxy) is 1. The van der Waals surface area contributed by atoms with Crippen molar-refractivity contribution in [3.05, 3.63) is 0 Å². The largest absolute Gasteiger partial charge is 1.00 e. The van der Waals surface area contributed by atoms with Gasteiger partial charge in [-0.25, -0.2) is 0 Å². The highest BCUT2D eigenvalue weighted by Gasteiger charge is 2.27. The van der Waals surface area contributed by atoms with E-state index in [0.29, 0.717) is 5.90 Å². The zero-order valence-electron chi connectivity index (χ0n) is 8.58. The lowest BCUT2D eigenvalue weighted by Gasteiger charge is -2.25. The Bertz CT molecular complexity index is 189. The predicted molar refractivity (Wildman–Crippen MR) is 46.8 cm³/mol. The molecular weight excluding hydrogens is 283 g/mol. The Balaban J connectivity index is 0.00000144. The van der Waals surface area contributed by atoms with Crippen LogP contribution in [0.2, 0.25) is 0 Å². The molecule has 4 nitrogen and oxygen atoms in total. The quantitative estimate of drug-likeness (QED) is 0.415. The molecule has 0 saturated carbocycles. The maximum absolute atomic E-state index is 5.18. The highest BCUT2D eigenvalue weighted by Crippen LogP contribution is 2.13. The van der Waals surface area contributed by atoms with Gasteiger partial charge in [-0.3, -0.25) is 0 Å². The van der Waals surface area contributed by atoms with Gasteiger partial charge in [-0.2, -0.15) is 0 Å². The molecule has 0 spiro atoms. The van der Waals surface area contributed by atoms with Crippen molar-refractivity contribution in [1.82, 2.24) is 0 Å². The highest BCUT2D eigenvalue weighted by atomic mass is 127. The summed E-state index contributed by atoms with van der Waals surface area (Å²) in [6.45, 7) is 0.955. The van der Waals surface area contributed by atoms with E-state index in [1.807, 2.05) is 0 Å². The first kappa shape index (κ1) is 13.0. The summed E-state index contributed by atoms with van der Waals surface area (Å²) in [5, 5.41) is 3.80. The number of quaternary nitrogens is 1. The lowest BCUT2D eigenvalue weighted by Crippen LogP contribution is -3.00. The van der Waals surface area contributed by atoms with Crippen molar-refractivity contribution < 1.29 is 38.0 Å². The van der Waals surface area contributed by atoms with Gasteiger partial charge >= 0.3 is 0 Å². The molecule has 0 aromatic heterocycles. The van der Waals surface area contributed by atoms with E-state index in [-0.39, 0.29) is 30.1 Å². The molecule has 0 N–H and O–H groups in total. The summed E-state index contributed by atoms with van der Waals surface area (Å²) < 4.78 is 5.86. The second kappa shape index (κ2) is 4.99. The van der Waals surface area contributed by atoms with Crippen LogP contribution in [0.3, 0.4) is 0 Å². The van der Waals surface area contributed by atoms with Crippen LogP contribution in [0.1, 0.15) is 6.42 Å². The molecule has 78 valence electrons. The van der Waals surface area contributed by atoms with Crippen LogP contribution < -0.4 is 24.0 Å². The van der Waals surface area contributed by atoms with Crippen LogP contribution >= 0.6 is 0 Å². The minimum Gasteiger partial charge on any atom is -1.00 e. The van der Waals surface area contributed by atoms with Crippen molar-refractivity contribution in [1.29, 1.82) is 0 Å². The Kier molecular flexibility index (Phi) is 4.98. The molecule has 0 aliphatic carbocycles. The molecular formula is C8H17IN2O2. The molecule has 0 aromatic rings. The third-order valence-electron chi connectivity index (χ3n) is 1.69. The van der Waals surface area contributed by atoms with Crippen LogP contribution in [-0.2, 0) is 9.57 Å². The SMILES string of the molecule is COC1=NOC(C[N+](C)(C)C)C1.[I-]. The molecule has 13 heavy (non-hydrogen) atoms. The van der Waals surface area contributed by atoms with Crippen molar-refractivity contribution >= 4 is 5.90 Å². The summed E-state index contributed by atoms with van der Waals surface area (Å²) in [5.41, 5.74) is 0. The molecule has 0 bridgehead atoms. The van der Waals surface area contributed by atoms with Crippen LogP contribution in [0.15, 0.2) is 5.16 Å². The maximum atomic E-state index is 5.18. The average Bonchev–Trinajstić information content (AvgIpc) is 2.32. The van der Waals surface area contributed by atoms with Gasteiger partial charge in [0.1, 0.15) is 6.54 Å². The maximum Gasteiger partial charge on any atom is 0.229 e. The van der Waals surface area contributed by atoms with E-state index < -0.39 is 0 Å². The molecule has 0 aromatic carbocycles. The standard InChI is InChI=1S/C8H17N2O2.HI/c1-10(2,3)6-7-5-8(11-4)9-12-7;/h7H,5-6H2,1-4H3;1H/q+1;/p-1. The smallest absolute Gasteiger partial charge is 0.229 e. The molecule has 0 saturated heterocycles. The summed E-state index contributed by atoms with van der Waals surface area (Å²) in [4.78, 5) is 5.18. The van der Waals surface area contributed by atoms with E-state index in [0.717, 1.165) is 17.4 Å². The monoisotopic (exact) mass is 300 g/mol. The van der Waals surface area contributed by atoms with Gasteiger partial charge in [0.25, 0.3) is 0 Å². The summed E-state index contributed by atoms with van der Waals surface area (Å²) in [6, 6.07) is 0. The summed E-state index contributed by atoms with van der Waals surface area (Å²) in [6.07, 6.45) is 0.978. The molecule has 0 radical (unpaired) electrons. The zero-order valence-corrected chi connectivity index (χ0v) is 10.7. The third kappa shape index (κ3) is 4.66. The summed E-state index contributed by atoms with van der Waals surface area (Å²) in [7, 11) is 8.02. The van der Waals surface area contributed by atoms with Crippen molar-refractivity contribution in [3.63, 3.8) is 0 Å². The van der Waals surface area contributed by atoms with E-state index in [9.17, 15) is 0 Å². The fourth-order valence-corrected chi connectivity index (χ4v) is 1.23. The van der Waals surface area contributed by atoms with E-state index in [4.69, 9.17) is 9.57 Å². The fraction of sp³-hybridized carbons (Fsp3) is 0.875. The zero-order chi connectivity index (χ0) is 9.19. The Morgan fingerprint density at radius 3 is 2.54 bits per heavy atom. The summed E-state index contributed by atoms with van der Waals surface area (Å²) >= 11 is 0. The van der Waals surface area contributed by atoms with Gasteiger partial charge in [-0.1, -0.05) is 5.16 Å². The minimum absolute atomic E-state index is 0. The van der Waals surface area contributed by atoms with Crippen LogP contribution in [-0.4, -0.2) is 51.3 Å². The molecule has 1 heterocycles. The molecule has 1 unspecified atom stereocenters. The van der Waals surface area contributed by atoms with E-state index in [1.54, 1.807) is 7.11 Å². The van der Waals surface area contributed by atoms with E-state index in [1.165, 1.54) is 0 Å². The topological polar surface area (TPSA) is 30.8 Å². The van der Waals surface area contributed by atoms with Gasteiger partial charge in [0.15, 0.2) is 6.10 Å². The predicted octanol–water partition coefficient (Wildman–Crippen LogP) is -2.55. The Hall–Kier alpha value is -0.0400. The number of oxime groups is 1. The number of halogens is 1. The van der Waals surface area contributed by atoms with Crippen molar-refractivity contribution in [2.75, 3.05) is 34.8 Å². The first-order chi connectivity index (χ1) is 5.51. The molecule has 1 aliphatic rings. The average molecular weight is 300 g/mol. The number of hydrogen-bond donors (Lipinski definition) is 0. The van der Waals surface area contributed by atoms with Crippen molar-refractivity contribution in [2.45, 2.75) is 12.5 Å². The fourth-order valence-electron chi connectivity index (χ4n) is 1.23. The molecule has 0 amide bonds. The van der Waals surface area contributed by atoms with E-state index in [2.05, 4.69) is 26.3 Å². The first-order valence-corrected chi connectivity index (χ1v) is 4.08. The lowest BCUT2D eigenvalue weighted by molar-refractivity contribution is -0.873. The number of likely N-dealkylation sites (N-methyl/N-ethyl adjacent to an activating group) is 1. The Labute approximate surface area is 96.5 Å². The van der Waals surface area contributed by atoms with Crippen LogP contribution in [0, 0.1) is 0 Å². The van der Waals surface area contributed by atoms with Crippen LogP contribution in [0.5, 0.6) is 0 Å². The van der Waals surface area contributed by atoms with Crippen LogP contribution in [0.25, 0.3) is 0 Å². The van der Waals surface area contributed by atoms with E-state index >= 15 is 0 Å². The molecule has 1 aliphatic heterocycles. The first-order valence-electron chi connectivity index (χ1n) is 4.08. The van der Waals surface area contributed by atoms with Crippen LogP contribution in [0.4, 0.5) is 0 Å².